The van der Waals surface area contributed by atoms with Crippen LogP contribution < -0.4 is 5.32 Å². The third-order valence-corrected chi connectivity index (χ3v) is 14.3. The van der Waals surface area contributed by atoms with Gasteiger partial charge in [-0.2, -0.15) is 0 Å². The summed E-state index contributed by atoms with van der Waals surface area (Å²) in [5.41, 5.74) is 0. The Morgan fingerprint density at radius 2 is 0.687 bits per heavy atom. The van der Waals surface area contributed by atoms with E-state index in [0.717, 1.165) is 38.5 Å². The van der Waals surface area contributed by atoms with Crippen molar-refractivity contribution in [2.75, 3.05) is 13.2 Å². The minimum atomic E-state index is -0.839. The van der Waals surface area contributed by atoms with Gasteiger partial charge < -0.3 is 20.3 Å². The molecule has 0 saturated heterocycles. The van der Waals surface area contributed by atoms with Crippen molar-refractivity contribution in [2.24, 2.45) is 0 Å². The van der Waals surface area contributed by atoms with E-state index in [4.69, 9.17) is 4.74 Å². The van der Waals surface area contributed by atoms with Crippen molar-refractivity contribution in [1.29, 1.82) is 0 Å². The molecule has 0 heterocycles. The van der Waals surface area contributed by atoms with Crippen LogP contribution >= 0.6 is 0 Å². The Morgan fingerprint density at radius 1 is 0.403 bits per heavy atom. The normalized spacial score (nSPS) is 12.6. The Kier molecular flexibility index (Phi) is 56.0. The van der Waals surface area contributed by atoms with Crippen molar-refractivity contribution in [3.8, 4) is 0 Å². The van der Waals surface area contributed by atoms with E-state index in [-0.39, 0.29) is 18.5 Å². The first kappa shape index (κ1) is 65.6. The Morgan fingerprint density at radius 3 is 1.01 bits per heavy atom. The standard InChI is InChI=1S/C61H119NO5/c1-3-5-7-9-11-13-34-39-43-47-51-55-61(66)67-56-52-48-44-40-36-33-31-29-27-25-23-21-19-17-15-16-18-20-22-24-26-28-30-32-35-38-42-46-50-54-60(65)62-58(57-63)59(64)53-49-45-41-37-14-12-10-8-6-4-2/h49,53,58-59,63-64H,3-48,50-52,54-57H2,1-2H3,(H,62,65)/b53-49+. The molecule has 0 aromatic heterocycles. The third kappa shape index (κ3) is 53.8. The van der Waals surface area contributed by atoms with Crippen molar-refractivity contribution in [1.82, 2.24) is 5.32 Å². The summed E-state index contributed by atoms with van der Waals surface area (Å²) < 4.78 is 5.47. The van der Waals surface area contributed by atoms with Gasteiger partial charge in [-0.15, -0.1) is 0 Å². The molecule has 0 aromatic carbocycles. The Balaban J connectivity index is 3.32. The van der Waals surface area contributed by atoms with E-state index in [2.05, 4.69) is 19.2 Å². The number of carbonyl (C=O) groups is 2. The Labute approximate surface area is 419 Å². The molecule has 6 heteroatoms. The molecule has 0 rings (SSSR count). The highest BCUT2D eigenvalue weighted by Gasteiger charge is 2.18. The first-order chi connectivity index (χ1) is 33.0. The zero-order chi connectivity index (χ0) is 48.6. The molecule has 0 aromatic rings. The van der Waals surface area contributed by atoms with Crippen LogP contribution in [0, 0.1) is 0 Å². The molecule has 0 aliphatic carbocycles. The van der Waals surface area contributed by atoms with Gasteiger partial charge in [-0.05, 0) is 32.1 Å². The van der Waals surface area contributed by atoms with Gasteiger partial charge in [0.15, 0.2) is 0 Å². The zero-order valence-electron chi connectivity index (χ0n) is 45.4. The van der Waals surface area contributed by atoms with Gasteiger partial charge in [0.25, 0.3) is 0 Å². The number of nitrogens with one attached hydrogen (secondary N) is 1. The van der Waals surface area contributed by atoms with Crippen LogP contribution in [-0.4, -0.2) is 47.4 Å². The number of aliphatic hydroxyl groups excluding tert-OH is 2. The monoisotopic (exact) mass is 946 g/mol. The van der Waals surface area contributed by atoms with E-state index in [0.29, 0.717) is 19.4 Å². The Bertz CT molecular complexity index is 1000. The second-order valence-corrected chi connectivity index (χ2v) is 21.0. The summed E-state index contributed by atoms with van der Waals surface area (Å²) in [5, 5.41) is 23.0. The van der Waals surface area contributed by atoms with Crippen LogP contribution in [0.4, 0.5) is 0 Å². The lowest BCUT2D eigenvalue weighted by Gasteiger charge is -2.20. The predicted octanol–water partition coefficient (Wildman–Crippen LogP) is 18.9. The van der Waals surface area contributed by atoms with Crippen molar-refractivity contribution >= 4 is 11.9 Å². The minimum absolute atomic E-state index is 0.0191. The Hall–Kier alpha value is -1.40. The smallest absolute Gasteiger partial charge is 0.305 e. The number of ether oxygens (including phenoxy) is 1. The van der Waals surface area contributed by atoms with Crippen molar-refractivity contribution in [3.05, 3.63) is 12.2 Å². The van der Waals surface area contributed by atoms with Crippen LogP contribution in [0.1, 0.15) is 341 Å². The van der Waals surface area contributed by atoms with E-state index < -0.39 is 12.1 Å². The summed E-state index contributed by atoms with van der Waals surface area (Å²) in [6.07, 6.45) is 68.4. The fraction of sp³-hybridized carbons (Fsp3) is 0.934. The van der Waals surface area contributed by atoms with Crippen LogP contribution in [0.2, 0.25) is 0 Å². The molecule has 6 nitrogen and oxygen atoms in total. The summed E-state index contributed by atoms with van der Waals surface area (Å²) in [6.45, 7) is 4.90. The molecule has 2 atom stereocenters. The molecule has 2 unspecified atom stereocenters. The van der Waals surface area contributed by atoms with E-state index >= 15 is 0 Å². The van der Waals surface area contributed by atoms with Crippen molar-refractivity contribution < 1.29 is 24.5 Å². The van der Waals surface area contributed by atoms with Gasteiger partial charge in [0, 0.05) is 12.8 Å². The number of carbonyl (C=O) groups excluding carboxylic acids is 2. The van der Waals surface area contributed by atoms with E-state index in [9.17, 15) is 19.8 Å². The van der Waals surface area contributed by atoms with Crippen molar-refractivity contribution in [3.63, 3.8) is 0 Å². The molecule has 0 aliphatic heterocycles. The van der Waals surface area contributed by atoms with Gasteiger partial charge in [-0.1, -0.05) is 309 Å². The van der Waals surface area contributed by atoms with E-state index in [1.165, 1.54) is 276 Å². The summed E-state index contributed by atoms with van der Waals surface area (Å²) in [6, 6.07) is -0.622. The topological polar surface area (TPSA) is 95.9 Å². The zero-order valence-corrected chi connectivity index (χ0v) is 45.4. The SMILES string of the molecule is CCCCCCCCCC/C=C/C(O)C(CO)NC(=O)CCCCCCCCCCCCCCCCCCCCCCCCCCCCCCCOC(=O)CCCCCCCCCCCCC. The van der Waals surface area contributed by atoms with Gasteiger partial charge in [0.2, 0.25) is 5.91 Å². The second-order valence-electron chi connectivity index (χ2n) is 21.0. The molecule has 67 heavy (non-hydrogen) atoms. The number of hydrogen-bond donors (Lipinski definition) is 3. The number of unbranched alkanes of at least 4 members (excludes halogenated alkanes) is 46. The molecule has 0 bridgehead atoms. The molecule has 0 saturated carbocycles. The highest BCUT2D eigenvalue weighted by atomic mass is 16.5. The van der Waals surface area contributed by atoms with Crippen LogP contribution in [0.5, 0.6) is 0 Å². The molecule has 0 radical (unpaired) electrons. The number of allylic oxidation sites excluding steroid dienone is 1. The maximum atomic E-state index is 12.4. The number of rotatable bonds is 57. The molecule has 3 N–H and O–H groups in total. The summed E-state index contributed by atoms with van der Waals surface area (Å²) >= 11 is 0. The third-order valence-electron chi connectivity index (χ3n) is 14.3. The molecule has 0 fully saturated rings. The van der Waals surface area contributed by atoms with Gasteiger partial charge in [-0.25, -0.2) is 0 Å². The predicted molar refractivity (Wildman–Crippen MR) is 292 cm³/mol. The lowest BCUT2D eigenvalue weighted by Crippen LogP contribution is -2.45. The highest BCUT2D eigenvalue weighted by Crippen LogP contribution is 2.18. The molecular weight excluding hydrogens is 827 g/mol. The van der Waals surface area contributed by atoms with Gasteiger partial charge in [0.05, 0.1) is 25.4 Å². The van der Waals surface area contributed by atoms with Crippen molar-refractivity contribution in [2.45, 2.75) is 353 Å². The lowest BCUT2D eigenvalue weighted by molar-refractivity contribution is -0.143. The minimum Gasteiger partial charge on any atom is -0.466 e. The molecule has 0 aliphatic rings. The van der Waals surface area contributed by atoms with E-state index in [1.807, 2.05) is 6.08 Å². The van der Waals surface area contributed by atoms with Gasteiger partial charge >= 0.3 is 5.97 Å². The van der Waals surface area contributed by atoms with Crippen LogP contribution in [-0.2, 0) is 14.3 Å². The fourth-order valence-electron chi connectivity index (χ4n) is 9.64. The maximum absolute atomic E-state index is 12.4. The quantitative estimate of drug-likeness (QED) is 0.0321. The molecule has 0 spiro atoms. The maximum Gasteiger partial charge on any atom is 0.305 e. The summed E-state index contributed by atoms with van der Waals surface area (Å²) in [5.74, 6) is -0.0459. The summed E-state index contributed by atoms with van der Waals surface area (Å²) in [4.78, 5) is 24.4. The number of aliphatic hydroxyl groups is 2. The average molecular weight is 947 g/mol. The first-order valence-corrected chi connectivity index (χ1v) is 30.5. The number of amides is 1. The van der Waals surface area contributed by atoms with Crippen LogP contribution in [0.15, 0.2) is 12.2 Å². The highest BCUT2D eigenvalue weighted by molar-refractivity contribution is 5.76. The first-order valence-electron chi connectivity index (χ1n) is 30.5. The fourth-order valence-corrected chi connectivity index (χ4v) is 9.64. The molecular formula is C61H119NO5. The van der Waals surface area contributed by atoms with Crippen LogP contribution in [0.25, 0.3) is 0 Å². The summed E-state index contributed by atoms with van der Waals surface area (Å²) in [7, 11) is 0. The van der Waals surface area contributed by atoms with Gasteiger partial charge in [0.1, 0.15) is 0 Å². The number of hydrogen-bond acceptors (Lipinski definition) is 5. The average Bonchev–Trinajstić information content (AvgIpc) is 3.33. The number of esters is 1. The lowest BCUT2D eigenvalue weighted by atomic mass is 10.0. The largest absolute Gasteiger partial charge is 0.466 e. The molecule has 398 valence electrons. The second kappa shape index (κ2) is 57.2. The molecule has 1 amide bonds. The van der Waals surface area contributed by atoms with Gasteiger partial charge in [-0.3, -0.25) is 9.59 Å². The van der Waals surface area contributed by atoms with E-state index in [1.54, 1.807) is 6.08 Å². The van der Waals surface area contributed by atoms with Crippen LogP contribution in [0.3, 0.4) is 0 Å².